The molecule has 7 nitrogen and oxygen atoms in total. The highest BCUT2D eigenvalue weighted by Gasteiger charge is 2.19. The molecule has 2 amide bonds. The van der Waals surface area contributed by atoms with Gasteiger partial charge in [-0.3, -0.25) is 19.7 Å². The average molecular weight is 403 g/mol. The summed E-state index contributed by atoms with van der Waals surface area (Å²) in [6.07, 6.45) is -0.167. The number of rotatable bonds is 7. The summed E-state index contributed by atoms with van der Waals surface area (Å²) in [7, 11) is 1.70. The van der Waals surface area contributed by atoms with Crippen molar-refractivity contribution in [3.8, 4) is 0 Å². The molecule has 30 heavy (non-hydrogen) atoms. The standard InChI is InChI=1S/C23H21N3O4/c1-25(16-17-9-3-2-4-10-17)23(28)19-12-6-7-13-20(19)24-22(27)15-18-11-5-8-14-21(18)26(29)30/h2-14H,15-16H2,1H3,(H,24,27). The molecular formula is C23H21N3O4. The first-order valence-corrected chi connectivity index (χ1v) is 9.36. The maximum Gasteiger partial charge on any atom is 0.273 e. The number of nitrogens with one attached hydrogen (secondary N) is 1. The normalized spacial score (nSPS) is 10.3. The summed E-state index contributed by atoms with van der Waals surface area (Å²) >= 11 is 0. The minimum Gasteiger partial charge on any atom is -0.337 e. The molecule has 0 radical (unpaired) electrons. The Hall–Kier alpha value is -4.00. The highest BCUT2D eigenvalue weighted by molar-refractivity contribution is 6.04. The SMILES string of the molecule is CN(Cc1ccccc1)C(=O)c1ccccc1NC(=O)Cc1ccccc1[N+](=O)[O-]. The topological polar surface area (TPSA) is 92.6 Å². The molecule has 3 rings (SSSR count). The molecule has 0 saturated heterocycles. The minimum atomic E-state index is -0.515. The van der Waals surface area contributed by atoms with E-state index in [1.165, 1.54) is 6.07 Å². The summed E-state index contributed by atoms with van der Waals surface area (Å²) in [6, 6.07) is 22.4. The van der Waals surface area contributed by atoms with Crippen LogP contribution < -0.4 is 5.32 Å². The molecule has 3 aromatic rings. The van der Waals surface area contributed by atoms with Crippen LogP contribution >= 0.6 is 0 Å². The van der Waals surface area contributed by atoms with Crippen molar-refractivity contribution in [3.63, 3.8) is 0 Å². The van der Waals surface area contributed by atoms with E-state index < -0.39 is 10.8 Å². The van der Waals surface area contributed by atoms with Gasteiger partial charge in [0.05, 0.1) is 22.6 Å². The van der Waals surface area contributed by atoms with Gasteiger partial charge < -0.3 is 10.2 Å². The molecule has 0 aliphatic heterocycles. The van der Waals surface area contributed by atoms with Crippen LogP contribution in [0.15, 0.2) is 78.9 Å². The Balaban J connectivity index is 1.74. The number of carbonyl (C=O) groups is 2. The van der Waals surface area contributed by atoms with Crippen molar-refractivity contribution in [3.05, 3.63) is 106 Å². The second kappa shape index (κ2) is 9.47. The lowest BCUT2D eigenvalue weighted by Crippen LogP contribution is -2.27. The molecular weight excluding hydrogens is 382 g/mol. The zero-order valence-corrected chi connectivity index (χ0v) is 16.4. The second-order valence-electron chi connectivity index (χ2n) is 6.80. The van der Waals surface area contributed by atoms with Crippen molar-refractivity contribution < 1.29 is 14.5 Å². The lowest BCUT2D eigenvalue weighted by molar-refractivity contribution is -0.385. The second-order valence-corrected chi connectivity index (χ2v) is 6.80. The molecule has 3 aromatic carbocycles. The quantitative estimate of drug-likeness (QED) is 0.476. The Morgan fingerprint density at radius 2 is 1.57 bits per heavy atom. The fraction of sp³-hybridized carbons (Fsp3) is 0.130. The van der Waals surface area contributed by atoms with E-state index in [2.05, 4.69) is 5.32 Å². The maximum absolute atomic E-state index is 12.9. The number of benzene rings is 3. The summed E-state index contributed by atoms with van der Waals surface area (Å²) < 4.78 is 0. The van der Waals surface area contributed by atoms with E-state index in [0.29, 0.717) is 23.4 Å². The van der Waals surface area contributed by atoms with E-state index in [4.69, 9.17) is 0 Å². The van der Waals surface area contributed by atoms with E-state index in [0.717, 1.165) is 5.56 Å². The monoisotopic (exact) mass is 403 g/mol. The number of nitrogens with zero attached hydrogens (tertiary/aromatic N) is 2. The zero-order chi connectivity index (χ0) is 21.5. The van der Waals surface area contributed by atoms with E-state index in [-0.39, 0.29) is 18.0 Å². The first-order valence-electron chi connectivity index (χ1n) is 9.36. The van der Waals surface area contributed by atoms with Gasteiger partial charge in [0.25, 0.3) is 11.6 Å². The molecule has 0 aromatic heterocycles. The van der Waals surface area contributed by atoms with Crippen LogP contribution in [0.25, 0.3) is 0 Å². The molecule has 0 spiro atoms. The van der Waals surface area contributed by atoms with Gasteiger partial charge in [-0.15, -0.1) is 0 Å². The third-order valence-corrected chi connectivity index (χ3v) is 4.58. The molecule has 1 N–H and O–H groups in total. The van der Waals surface area contributed by atoms with Gasteiger partial charge in [0.15, 0.2) is 0 Å². The van der Waals surface area contributed by atoms with Crippen molar-refractivity contribution >= 4 is 23.2 Å². The average Bonchev–Trinajstić information content (AvgIpc) is 2.74. The van der Waals surface area contributed by atoms with Crippen LogP contribution in [0, 0.1) is 10.1 Å². The van der Waals surface area contributed by atoms with Crippen molar-refractivity contribution in [1.29, 1.82) is 0 Å². The van der Waals surface area contributed by atoms with E-state index in [1.807, 2.05) is 30.3 Å². The molecule has 0 saturated carbocycles. The number of nitro benzene ring substituents is 1. The molecule has 0 aliphatic rings. The zero-order valence-electron chi connectivity index (χ0n) is 16.4. The summed E-state index contributed by atoms with van der Waals surface area (Å²) in [5.41, 5.74) is 1.91. The first-order chi connectivity index (χ1) is 14.5. The lowest BCUT2D eigenvalue weighted by Gasteiger charge is -2.19. The Labute approximate surface area is 174 Å². The van der Waals surface area contributed by atoms with Crippen LogP contribution in [-0.4, -0.2) is 28.7 Å². The Morgan fingerprint density at radius 3 is 2.30 bits per heavy atom. The van der Waals surface area contributed by atoms with E-state index in [1.54, 1.807) is 54.4 Å². The third-order valence-electron chi connectivity index (χ3n) is 4.58. The Morgan fingerprint density at radius 1 is 0.933 bits per heavy atom. The number of amides is 2. The smallest absolute Gasteiger partial charge is 0.273 e. The molecule has 0 aliphatic carbocycles. The van der Waals surface area contributed by atoms with E-state index in [9.17, 15) is 19.7 Å². The van der Waals surface area contributed by atoms with Gasteiger partial charge in [-0.1, -0.05) is 60.7 Å². The fourth-order valence-corrected chi connectivity index (χ4v) is 3.12. The predicted octanol–water partition coefficient (Wildman–Crippen LogP) is 4.05. The van der Waals surface area contributed by atoms with Crippen molar-refractivity contribution in [2.75, 3.05) is 12.4 Å². The summed E-state index contributed by atoms with van der Waals surface area (Å²) in [5, 5.41) is 13.9. The van der Waals surface area contributed by atoms with Crippen LogP contribution in [0.1, 0.15) is 21.5 Å². The van der Waals surface area contributed by atoms with Gasteiger partial charge in [0.2, 0.25) is 5.91 Å². The highest BCUT2D eigenvalue weighted by atomic mass is 16.6. The van der Waals surface area contributed by atoms with Crippen molar-refractivity contribution in [2.45, 2.75) is 13.0 Å². The number of nitro groups is 1. The van der Waals surface area contributed by atoms with Crippen LogP contribution in [-0.2, 0) is 17.8 Å². The number of carbonyl (C=O) groups excluding carboxylic acids is 2. The first kappa shape index (κ1) is 20.7. The molecule has 0 bridgehead atoms. The van der Waals surface area contributed by atoms with Gasteiger partial charge in [-0.05, 0) is 17.7 Å². The van der Waals surface area contributed by atoms with Crippen LogP contribution in [0.2, 0.25) is 0 Å². The summed E-state index contributed by atoms with van der Waals surface area (Å²) in [5.74, 6) is -0.671. The molecule has 0 atom stereocenters. The van der Waals surface area contributed by atoms with Gasteiger partial charge in [0.1, 0.15) is 0 Å². The Bertz CT molecular complexity index is 1070. The van der Waals surface area contributed by atoms with Crippen LogP contribution in [0.3, 0.4) is 0 Å². The number of hydrogen-bond donors (Lipinski definition) is 1. The third kappa shape index (κ3) is 5.08. The minimum absolute atomic E-state index is 0.111. The number of para-hydroxylation sites is 2. The largest absolute Gasteiger partial charge is 0.337 e. The molecule has 7 heteroatoms. The van der Waals surface area contributed by atoms with Gasteiger partial charge >= 0.3 is 0 Å². The van der Waals surface area contributed by atoms with Crippen molar-refractivity contribution in [2.24, 2.45) is 0 Å². The lowest BCUT2D eigenvalue weighted by atomic mass is 10.1. The van der Waals surface area contributed by atoms with Crippen molar-refractivity contribution in [1.82, 2.24) is 4.90 Å². The molecule has 0 heterocycles. The fourth-order valence-electron chi connectivity index (χ4n) is 3.12. The van der Waals surface area contributed by atoms with Gasteiger partial charge in [0, 0.05) is 25.2 Å². The van der Waals surface area contributed by atoms with Gasteiger partial charge in [-0.2, -0.15) is 0 Å². The predicted molar refractivity (Wildman–Crippen MR) is 114 cm³/mol. The molecule has 152 valence electrons. The maximum atomic E-state index is 12.9. The molecule has 0 fully saturated rings. The van der Waals surface area contributed by atoms with Crippen LogP contribution in [0.4, 0.5) is 11.4 Å². The van der Waals surface area contributed by atoms with Gasteiger partial charge in [-0.25, -0.2) is 0 Å². The summed E-state index contributed by atoms with van der Waals surface area (Å²) in [6.45, 7) is 0.429. The highest BCUT2D eigenvalue weighted by Crippen LogP contribution is 2.21. The summed E-state index contributed by atoms with van der Waals surface area (Å²) in [4.78, 5) is 37.7. The number of hydrogen-bond acceptors (Lipinski definition) is 4. The Kier molecular flexibility index (Phi) is 6.54. The number of anilines is 1. The van der Waals surface area contributed by atoms with Crippen LogP contribution in [0.5, 0.6) is 0 Å². The van der Waals surface area contributed by atoms with E-state index >= 15 is 0 Å². The molecule has 0 unspecified atom stereocenters.